The molecule has 2 aliphatic carbocycles. The molecule has 15 heavy (non-hydrogen) atoms. The molecule has 2 aliphatic rings. The average Bonchev–Trinajstić information content (AvgIpc) is 2.60. The molecule has 0 radical (unpaired) electrons. The maximum Gasteiger partial charge on any atom is 0.384 e. The standard InChI is InChI=1S/C9H10ClF4I/c10-9(13,14)8(11,12)6-4-1-2-5(3-4)7(6)15/h4-7H,1-3H2/t4-,5+,6+,7+/m0/s1. The van der Waals surface area contributed by atoms with Crippen molar-refractivity contribution in [1.29, 1.82) is 0 Å². The molecule has 2 fully saturated rings. The molecular formula is C9H10ClF4I. The van der Waals surface area contributed by atoms with E-state index in [2.05, 4.69) is 11.6 Å². The maximum absolute atomic E-state index is 13.5. The Bertz CT molecular complexity index is 263. The smallest absolute Gasteiger partial charge is 0.198 e. The van der Waals surface area contributed by atoms with Gasteiger partial charge in [0.2, 0.25) is 0 Å². The first-order valence-corrected chi connectivity index (χ1v) is 6.46. The summed E-state index contributed by atoms with van der Waals surface area (Å²) < 4.78 is 51.9. The van der Waals surface area contributed by atoms with Crippen molar-refractivity contribution in [2.24, 2.45) is 17.8 Å². The zero-order chi connectivity index (χ0) is 11.4. The quantitative estimate of drug-likeness (QED) is 0.393. The summed E-state index contributed by atoms with van der Waals surface area (Å²) in [5.74, 6) is -5.45. The van der Waals surface area contributed by atoms with Crippen LogP contribution in [-0.4, -0.2) is 15.2 Å². The van der Waals surface area contributed by atoms with Gasteiger partial charge in [-0.2, -0.15) is 17.6 Å². The molecule has 0 unspecified atom stereocenters. The van der Waals surface area contributed by atoms with E-state index in [0.717, 1.165) is 6.42 Å². The Morgan fingerprint density at radius 1 is 1.07 bits per heavy atom. The van der Waals surface area contributed by atoms with Crippen molar-refractivity contribution in [1.82, 2.24) is 0 Å². The molecule has 0 aromatic rings. The van der Waals surface area contributed by atoms with Gasteiger partial charge < -0.3 is 0 Å². The van der Waals surface area contributed by atoms with Crippen LogP contribution in [-0.2, 0) is 0 Å². The van der Waals surface area contributed by atoms with Crippen LogP contribution in [0.2, 0.25) is 0 Å². The Balaban J connectivity index is 2.24. The summed E-state index contributed by atoms with van der Waals surface area (Å²) in [7, 11) is 0. The Kier molecular flexibility index (Phi) is 2.94. The third-order valence-electron chi connectivity index (χ3n) is 3.61. The normalized spacial score (nSPS) is 41.2. The molecule has 0 heterocycles. The van der Waals surface area contributed by atoms with Crippen LogP contribution in [0.3, 0.4) is 0 Å². The fourth-order valence-electron chi connectivity index (χ4n) is 2.91. The number of hydrogen-bond donors (Lipinski definition) is 0. The van der Waals surface area contributed by atoms with Crippen LogP contribution in [0.15, 0.2) is 0 Å². The molecule has 0 aliphatic heterocycles. The van der Waals surface area contributed by atoms with Crippen LogP contribution in [0.4, 0.5) is 17.6 Å². The second kappa shape index (κ2) is 3.62. The molecule has 6 heteroatoms. The van der Waals surface area contributed by atoms with Gasteiger partial charge >= 0.3 is 11.3 Å². The number of alkyl halides is 6. The Hall–Kier alpha value is 0.740. The third kappa shape index (κ3) is 1.77. The summed E-state index contributed by atoms with van der Waals surface area (Å²) >= 11 is 6.40. The fraction of sp³-hybridized carbons (Fsp3) is 1.00. The molecule has 0 aromatic heterocycles. The van der Waals surface area contributed by atoms with E-state index in [1.165, 1.54) is 0 Å². The van der Waals surface area contributed by atoms with E-state index >= 15 is 0 Å². The monoisotopic (exact) mass is 356 g/mol. The van der Waals surface area contributed by atoms with E-state index in [0.29, 0.717) is 12.8 Å². The van der Waals surface area contributed by atoms with Crippen molar-refractivity contribution in [2.45, 2.75) is 34.5 Å². The van der Waals surface area contributed by atoms with Crippen LogP contribution in [0.25, 0.3) is 0 Å². The van der Waals surface area contributed by atoms with Crippen molar-refractivity contribution in [2.75, 3.05) is 0 Å². The van der Waals surface area contributed by atoms with Crippen molar-refractivity contribution in [3.05, 3.63) is 0 Å². The SMILES string of the molecule is FC(F)(Cl)C(F)(F)[C@@H]1[C@H]2CC[C@H](C2)[C@H]1I. The van der Waals surface area contributed by atoms with E-state index in [9.17, 15) is 17.6 Å². The minimum absolute atomic E-state index is 0.172. The fourth-order valence-corrected chi connectivity index (χ4v) is 4.72. The molecule has 2 saturated carbocycles. The lowest BCUT2D eigenvalue weighted by molar-refractivity contribution is -0.198. The first kappa shape index (κ1) is 12.2. The van der Waals surface area contributed by atoms with Crippen molar-refractivity contribution in [3.63, 3.8) is 0 Å². The highest BCUT2D eigenvalue weighted by molar-refractivity contribution is 14.1. The van der Waals surface area contributed by atoms with Gasteiger partial charge in [-0.05, 0) is 42.7 Å². The highest BCUT2D eigenvalue weighted by Gasteiger charge is 2.67. The Labute approximate surface area is 104 Å². The second-order valence-corrected chi connectivity index (χ2v) is 6.34. The molecule has 0 nitrogen and oxygen atoms in total. The predicted octanol–water partition coefficient (Wildman–Crippen LogP) is 4.30. The highest BCUT2D eigenvalue weighted by Crippen LogP contribution is 2.60. The Morgan fingerprint density at radius 2 is 1.60 bits per heavy atom. The molecule has 0 N–H and O–H groups in total. The van der Waals surface area contributed by atoms with Gasteiger partial charge in [0, 0.05) is 9.84 Å². The topological polar surface area (TPSA) is 0 Å². The zero-order valence-corrected chi connectivity index (χ0v) is 10.6. The molecule has 4 atom stereocenters. The van der Waals surface area contributed by atoms with Crippen LogP contribution < -0.4 is 0 Å². The van der Waals surface area contributed by atoms with Gasteiger partial charge in [0.05, 0.1) is 0 Å². The maximum atomic E-state index is 13.5. The van der Waals surface area contributed by atoms with Crippen molar-refractivity contribution in [3.8, 4) is 0 Å². The lowest BCUT2D eigenvalue weighted by Crippen LogP contribution is -2.48. The van der Waals surface area contributed by atoms with E-state index in [1.807, 2.05) is 22.6 Å². The lowest BCUT2D eigenvalue weighted by Gasteiger charge is -2.35. The van der Waals surface area contributed by atoms with Crippen LogP contribution in [0.1, 0.15) is 19.3 Å². The number of halogens is 6. The molecule has 0 spiro atoms. The van der Waals surface area contributed by atoms with Gasteiger partial charge in [0.1, 0.15) is 0 Å². The summed E-state index contributed by atoms with van der Waals surface area (Å²) in [6.07, 6.45) is 2.18. The van der Waals surface area contributed by atoms with E-state index in [1.54, 1.807) is 0 Å². The molecular weight excluding hydrogens is 346 g/mol. The first-order chi connectivity index (χ1) is 6.75. The number of fused-ring (bicyclic) bond motifs is 2. The minimum Gasteiger partial charge on any atom is -0.198 e. The van der Waals surface area contributed by atoms with E-state index in [-0.39, 0.29) is 15.8 Å². The highest BCUT2D eigenvalue weighted by atomic mass is 127. The van der Waals surface area contributed by atoms with Crippen LogP contribution in [0.5, 0.6) is 0 Å². The average molecular weight is 357 g/mol. The molecule has 0 aromatic carbocycles. The summed E-state index contributed by atoms with van der Waals surface area (Å²) in [6, 6.07) is 0. The predicted molar refractivity (Wildman–Crippen MR) is 57.9 cm³/mol. The summed E-state index contributed by atoms with van der Waals surface area (Å²) in [6.45, 7) is 0. The van der Waals surface area contributed by atoms with Gasteiger partial charge in [-0.3, -0.25) is 0 Å². The minimum atomic E-state index is -4.43. The second-order valence-electron chi connectivity index (χ2n) is 4.42. The van der Waals surface area contributed by atoms with Gasteiger partial charge in [0.25, 0.3) is 0 Å². The van der Waals surface area contributed by atoms with Gasteiger partial charge in [-0.1, -0.05) is 22.6 Å². The number of hydrogen-bond acceptors (Lipinski definition) is 0. The van der Waals surface area contributed by atoms with Crippen molar-refractivity contribution >= 4 is 34.2 Å². The molecule has 2 rings (SSSR count). The lowest BCUT2D eigenvalue weighted by atomic mass is 9.84. The van der Waals surface area contributed by atoms with E-state index < -0.39 is 17.2 Å². The molecule has 2 bridgehead atoms. The third-order valence-corrected chi connectivity index (χ3v) is 5.66. The first-order valence-electron chi connectivity index (χ1n) is 4.83. The van der Waals surface area contributed by atoms with Crippen LogP contribution in [0, 0.1) is 17.8 Å². The zero-order valence-electron chi connectivity index (χ0n) is 7.70. The summed E-state index contributed by atoms with van der Waals surface area (Å²) in [5.41, 5.74) is 0. The van der Waals surface area contributed by atoms with Crippen LogP contribution >= 0.6 is 34.2 Å². The Morgan fingerprint density at radius 3 is 2.00 bits per heavy atom. The van der Waals surface area contributed by atoms with Gasteiger partial charge in [-0.15, -0.1) is 0 Å². The summed E-state index contributed by atoms with van der Waals surface area (Å²) in [4.78, 5) is 0. The van der Waals surface area contributed by atoms with Crippen molar-refractivity contribution < 1.29 is 17.6 Å². The van der Waals surface area contributed by atoms with Gasteiger partial charge in [0.15, 0.2) is 0 Å². The molecule has 0 saturated heterocycles. The van der Waals surface area contributed by atoms with E-state index in [4.69, 9.17) is 0 Å². The molecule has 0 amide bonds. The molecule has 88 valence electrons. The number of rotatable bonds is 2. The van der Waals surface area contributed by atoms with Gasteiger partial charge in [-0.25, -0.2) is 0 Å². The summed E-state index contributed by atoms with van der Waals surface area (Å²) in [5, 5.41) is -4.43. The largest absolute Gasteiger partial charge is 0.384 e.